The van der Waals surface area contributed by atoms with Crippen LogP contribution < -0.4 is 0 Å². The number of imidazole rings is 1. The van der Waals surface area contributed by atoms with Crippen LogP contribution in [0.1, 0.15) is 18.9 Å². The lowest BCUT2D eigenvalue weighted by atomic mass is 10.2. The lowest BCUT2D eigenvalue weighted by Crippen LogP contribution is -2.04. The minimum absolute atomic E-state index is 0.392. The van der Waals surface area contributed by atoms with Crippen LogP contribution in [0.3, 0.4) is 0 Å². The van der Waals surface area contributed by atoms with Crippen LogP contribution in [-0.4, -0.2) is 9.55 Å². The average molecular weight is 228 g/mol. The number of hydrogen-bond acceptors (Lipinski definition) is 1. The van der Waals surface area contributed by atoms with Gasteiger partial charge in [0.1, 0.15) is 0 Å². The normalized spacial score (nSPS) is 12.2. The first-order valence-corrected chi connectivity index (χ1v) is 5.04. The van der Waals surface area contributed by atoms with E-state index in [0.29, 0.717) is 5.52 Å². The summed E-state index contributed by atoms with van der Waals surface area (Å²) < 4.78 is 39.2. The molecule has 0 unspecified atom stereocenters. The van der Waals surface area contributed by atoms with Gasteiger partial charge in [-0.25, -0.2) is 4.98 Å². The molecule has 0 N–H and O–H groups in total. The number of benzene rings is 1. The van der Waals surface area contributed by atoms with Gasteiger partial charge >= 0.3 is 6.18 Å². The van der Waals surface area contributed by atoms with Crippen molar-refractivity contribution in [1.29, 1.82) is 0 Å². The van der Waals surface area contributed by atoms with E-state index in [0.717, 1.165) is 30.6 Å². The second-order valence-corrected chi connectivity index (χ2v) is 3.64. The van der Waals surface area contributed by atoms with Gasteiger partial charge in [0.25, 0.3) is 0 Å². The minimum Gasteiger partial charge on any atom is -0.331 e. The highest BCUT2D eigenvalue weighted by Gasteiger charge is 2.30. The number of rotatable bonds is 2. The molecule has 16 heavy (non-hydrogen) atoms. The Labute approximate surface area is 90.7 Å². The molecule has 86 valence electrons. The Balaban J connectivity index is 2.49. The number of hydrogen-bond donors (Lipinski definition) is 0. The number of nitrogens with zero attached hydrogens (tertiary/aromatic N) is 2. The standard InChI is InChI=1S/C11H11F3N2/c1-2-5-16-7-15-9-6-8(11(12,13)14)3-4-10(9)16/h3-4,6-7H,2,5H2,1H3. The molecule has 2 rings (SSSR count). The number of fused-ring (bicyclic) bond motifs is 1. The molecule has 5 heteroatoms. The van der Waals surface area contributed by atoms with E-state index >= 15 is 0 Å². The zero-order chi connectivity index (χ0) is 11.8. The van der Waals surface area contributed by atoms with Crippen LogP contribution in [0.5, 0.6) is 0 Å². The maximum absolute atomic E-state index is 12.4. The monoisotopic (exact) mass is 228 g/mol. The van der Waals surface area contributed by atoms with E-state index in [4.69, 9.17) is 0 Å². The predicted molar refractivity (Wildman–Crippen MR) is 55.0 cm³/mol. The fraction of sp³-hybridized carbons (Fsp3) is 0.364. The topological polar surface area (TPSA) is 17.8 Å². The van der Waals surface area contributed by atoms with Gasteiger partial charge in [-0.15, -0.1) is 0 Å². The maximum atomic E-state index is 12.4. The first kappa shape index (κ1) is 11.0. The lowest BCUT2D eigenvalue weighted by molar-refractivity contribution is -0.137. The summed E-state index contributed by atoms with van der Waals surface area (Å²) in [4.78, 5) is 3.97. The molecule has 0 bridgehead atoms. The molecule has 2 aromatic rings. The van der Waals surface area contributed by atoms with Gasteiger partial charge in [0, 0.05) is 6.54 Å². The Morgan fingerprint density at radius 2 is 2.06 bits per heavy atom. The van der Waals surface area contributed by atoms with E-state index in [1.54, 1.807) is 6.33 Å². The van der Waals surface area contributed by atoms with Crippen molar-refractivity contribution in [3.63, 3.8) is 0 Å². The Morgan fingerprint density at radius 1 is 1.31 bits per heavy atom. The molecular formula is C11H11F3N2. The van der Waals surface area contributed by atoms with E-state index in [-0.39, 0.29) is 0 Å². The zero-order valence-electron chi connectivity index (χ0n) is 8.75. The number of aromatic nitrogens is 2. The summed E-state index contributed by atoms with van der Waals surface area (Å²) in [6.07, 6.45) is -1.80. The highest BCUT2D eigenvalue weighted by Crippen LogP contribution is 2.31. The van der Waals surface area contributed by atoms with E-state index in [2.05, 4.69) is 4.98 Å². The molecule has 1 aromatic heterocycles. The molecule has 2 nitrogen and oxygen atoms in total. The first-order chi connectivity index (χ1) is 7.52. The zero-order valence-corrected chi connectivity index (χ0v) is 8.75. The molecule has 0 atom stereocenters. The molecule has 0 saturated heterocycles. The van der Waals surface area contributed by atoms with Gasteiger partial charge in [0.05, 0.1) is 22.9 Å². The molecule has 0 fully saturated rings. The third-order valence-corrected chi connectivity index (χ3v) is 2.41. The average Bonchev–Trinajstić information content (AvgIpc) is 2.60. The van der Waals surface area contributed by atoms with E-state index < -0.39 is 11.7 Å². The summed E-state index contributed by atoms with van der Waals surface area (Å²) in [5, 5.41) is 0. The van der Waals surface area contributed by atoms with Crippen LogP contribution in [-0.2, 0) is 12.7 Å². The van der Waals surface area contributed by atoms with Crippen molar-refractivity contribution in [2.75, 3.05) is 0 Å². The Bertz CT molecular complexity index is 499. The Hall–Kier alpha value is -1.52. The SMILES string of the molecule is CCCn1cnc2cc(C(F)(F)F)ccc21. The van der Waals surface area contributed by atoms with Crippen molar-refractivity contribution in [2.24, 2.45) is 0 Å². The smallest absolute Gasteiger partial charge is 0.331 e. The van der Waals surface area contributed by atoms with Crippen LogP contribution in [0, 0.1) is 0 Å². The molecular weight excluding hydrogens is 217 g/mol. The van der Waals surface area contributed by atoms with Crippen LogP contribution in [0.15, 0.2) is 24.5 Å². The third-order valence-electron chi connectivity index (χ3n) is 2.41. The maximum Gasteiger partial charge on any atom is 0.416 e. The Kier molecular flexibility index (Phi) is 2.61. The van der Waals surface area contributed by atoms with Crippen molar-refractivity contribution in [1.82, 2.24) is 9.55 Å². The molecule has 0 aliphatic carbocycles. The number of alkyl halides is 3. The summed E-state index contributed by atoms with van der Waals surface area (Å²) in [7, 11) is 0. The van der Waals surface area contributed by atoms with Crippen LogP contribution >= 0.6 is 0 Å². The third kappa shape index (κ3) is 1.89. The summed E-state index contributed by atoms with van der Waals surface area (Å²) in [5.41, 5.74) is 0.486. The van der Waals surface area contributed by atoms with Crippen molar-refractivity contribution in [3.8, 4) is 0 Å². The van der Waals surface area contributed by atoms with Crippen LogP contribution in [0.2, 0.25) is 0 Å². The van der Waals surface area contributed by atoms with Crippen molar-refractivity contribution in [3.05, 3.63) is 30.1 Å². The summed E-state index contributed by atoms with van der Waals surface area (Å²) in [5.74, 6) is 0. The van der Waals surface area contributed by atoms with E-state index in [1.165, 1.54) is 6.07 Å². The van der Waals surface area contributed by atoms with Gasteiger partial charge in [0.15, 0.2) is 0 Å². The fourth-order valence-corrected chi connectivity index (χ4v) is 1.66. The number of halogens is 3. The van der Waals surface area contributed by atoms with E-state index in [9.17, 15) is 13.2 Å². The molecule has 1 aromatic carbocycles. The Morgan fingerprint density at radius 3 is 2.69 bits per heavy atom. The van der Waals surface area contributed by atoms with Gasteiger partial charge in [-0.3, -0.25) is 0 Å². The van der Waals surface area contributed by atoms with Gasteiger partial charge in [-0.1, -0.05) is 6.92 Å². The summed E-state index contributed by atoms with van der Waals surface area (Å²) >= 11 is 0. The molecule has 0 aliphatic heterocycles. The fourth-order valence-electron chi connectivity index (χ4n) is 1.66. The molecule has 0 aliphatic rings. The molecule has 0 radical (unpaired) electrons. The summed E-state index contributed by atoms with van der Waals surface area (Å²) in [6, 6.07) is 3.65. The molecule has 0 amide bonds. The largest absolute Gasteiger partial charge is 0.416 e. The van der Waals surface area contributed by atoms with Gasteiger partial charge in [-0.2, -0.15) is 13.2 Å². The van der Waals surface area contributed by atoms with E-state index in [1.807, 2.05) is 11.5 Å². The second-order valence-electron chi connectivity index (χ2n) is 3.64. The van der Waals surface area contributed by atoms with Crippen LogP contribution in [0.4, 0.5) is 13.2 Å². The van der Waals surface area contributed by atoms with Crippen molar-refractivity contribution in [2.45, 2.75) is 26.1 Å². The molecule has 0 spiro atoms. The molecule has 0 saturated carbocycles. The minimum atomic E-state index is -4.30. The second kappa shape index (κ2) is 3.81. The number of aryl methyl sites for hydroxylation is 1. The highest BCUT2D eigenvalue weighted by atomic mass is 19.4. The first-order valence-electron chi connectivity index (χ1n) is 5.04. The van der Waals surface area contributed by atoms with Gasteiger partial charge < -0.3 is 4.57 Å². The molecule has 1 heterocycles. The lowest BCUT2D eigenvalue weighted by Gasteiger charge is -2.06. The van der Waals surface area contributed by atoms with Crippen LogP contribution in [0.25, 0.3) is 11.0 Å². The quantitative estimate of drug-likeness (QED) is 0.769. The van der Waals surface area contributed by atoms with Crippen molar-refractivity contribution < 1.29 is 13.2 Å². The van der Waals surface area contributed by atoms with Crippen molar-refractivity contribution >= 4 is 11.0 Å². The van der Waals surface area contributed by atoms with Gasteiger partial charge in [0.2, 0.25) is 0 Å². The van der Waals surface area contributed by atoms with Gasteiger partial charge in [-0.05, 0) is 24.6 Å². The predicted octanol–water partition coefficient (Wildman–Crippen LogP) is 3.47. The highest BCUT2D eigenvalue weighted by molar-refractivity contribution is 5.76. The summed E-state index contributed by atoms with van der Waals surface area (Å²) in [6.45, 7) is 2.78.